The van der Waals surface area contributed by atoms with E-state index in [4.69, 9.17) is 4.42 Å². The quantitative estimate of drug-likeness (QED) is 0.825. The maximum atomic E-state index is 13.1. The molecule has 6 rings (SSSR count). The van der Waals surface area contributed by atoms with E-state index in [1.807, 2.05) is 6.07 Å². The van der Waals surface area contributed by atoms with Gasteiger partial charge in [-0.15, -0.1) is 0 Å². The lowest BCUT2D eigenvalue weighted by Gasteiger charge is -2.57. The van der Waals surface area contributed by atoms with E-state index in [0.717, 1.165) is 41.4 Å². The number of rotatable bonds is 5. The minimum Gasteiger partial charge on any atom is -0.455 e. The Labute approximate surface area is 155 Å². The number of quaternary nitrogens is 1. The van der Waals surface area contributed by atoms with Gasteiger partial charge in [0.05, 0.1) is 6.04 Å². The first-order valence-corrected chi connectivity index (χ1v) is 10.3. The van der Waals surface area contributed by atoms with Gasteiger partial charge in [-0.3, -0.25) is 0 Å². The molecule has 3 heteroatoms. The molecule has 138 valence electrons. The predicted octanol–water partition coefficient (Wildman–Crippen LogP) is 4.75. The van der Waals surface area contributed by atoms with Crippen LogP contribution in [-0.2, 0) is 6.54 Å². The number of nitrogens with two attached hydrogens (primary N) is 1. The Kier molecular flexibility index (Phi) is 3.97. The van der Waals surface area contributed by atoms with Crippen molar-refractivity contribution in [2.24, 2.45) is 23.2 Å². The van der Waals surface area contributed by atoms with Crippen molar-refractivity contribution >= 4 is 0 Å². The summed E-state index contributed by atoms with van der Waals surface area (Å²) in [7, 11) is 0. The SMILES string of the molecule is C[C@H]([NH2+]Cc1ccc(-c2ccc(F)cc2)o1)C12CC3CC(CC(C3)C1)C2. The molecule has 0 unspecified atom stereocenters. The molecule has 1 aromatic heterocycles. The molecule has 0 spiro atoms. The average Bonchev–Trinajstić information content (AvgIpc) is 3.08. The smallest absolute Gasteiger partial charge is 0.158 e. The summed E-state index contributed by atoms with van der Waals surface area (Å²) < 4.78 is 19.1. The highest BCUT2D eigenvalue weighted by atomic mass is 19.1. The molecule has 1 atom stereocenters. The van der Waals surface area contributed by atoms with E-state index in [1.165, 1.54) is 50.7 Å². The van der Waals surface area contributed by atoms with Crippen LogP contribution in [0.15, 0.2) is 40.8 Å². The molecular formula is C23H29FNO+. The van der Waals surface area contributed by atoms with Gasteiger partial charge >= 0.3 is 0 Å². The topological polar surface area (TPSA) is 29.8 Å². The lowest BCUT2D eigenvalue weighted by Crippen LogP contribution is -2.91. The Morgan fingerprint density at radius 1 is 1.00 bits per heavy atom. The fourth-order valence-corrected chi connectivity index (χ4v) is 6.54. The standard InChI is InChI=1S/C23H28FNO/c1-15(23-11-16-8-17(12-23)10-18(9-16)13-23)25-14-21-6-7-22(26-21)19-2-4-20(24)5-3-19/h2-7,15-18,25H,8-14H2,1H3/p+1/t15-,16?,17?,18?,23?/m0/s1. The molecule has 1 heterocycles. The van der Waals surface area contributed by atoms with E-state index < -0.39 is 0 Å². The highest BCUT2D eigenvalue weighted by Crippen LogP contribution is 2.60. The summed E-state index contributed by atoms with van der Waals surface area (Å²) in [6.45, 7) is 3.33. The molecule has 4 saturated carbocycles. The van der Waals surface area contributed by atoms with Crippen LogP contribution in [-0.4, -0.2) is 6.04 Å². The van der Waals surface area contributed by atoms with Crippen LogP contribution in [0.2, 0.25) is 0 Å². The summed E-state index contributed by atoms with van der Waals surface area (Å²) in [5, 5.41) is 2.50. The Balaban J connectivity index is 1.25. The van der Waals surface area contributed by atoms with Crippen LogP contribution >= 0.6 is 0 Å². The monoisotopic (exact) mass is 354 g/mol. The summed E-state index contributed by atoms with van der Waals surface area (Å²) in [5.41, 5.74) is 1.51. The molecule has 4 aliphatic carbocycles. The van der Waals surface area contributed by atoms with Crippen molar-refractivity contribution in [3.8, 4) is 11.3 Å². The van der Waals surface area contributed by atoms with Crippen LogP contribution in [0.3, 0.4) is 0 Å². The lowest BCUT2D eigenvalue weighted by atomic mass is 9.48. The van der Waals surface area contributed by atoms with Gasteiger partial charge in [-0.2, -0.15) is 0 Å². The fourth-order valence-electron chi connectivity index (χ4n) is 6.54. The van der Waals surface area contributed by atoms with Gasteiger partial charge in [-0.1, -0.05) is 0 Å². The minimum absolute atomic E-state index is 0.210. The van der Waals surface area contributed by atoms with Crippen LogP contribution in [0.1, 0.15) is 51.2 Å². The number of hydrogen-bond donors (Lipinski definition) is 1. The van der Waals surface area contributed by atoms with Gasteiger partial charge in [0.25, 0.3) is 0 Å². The largest absolute Gasteiger partial charge is 0.455 e. The summed E-state index contributed by atoms with van der Waals surface area (Å²) in [6, 6.07) is 11.3. The number of hydrogen-bond acceptors (Lipinski definition) is 1. The van der Waals surface area contributed by atoms with E-state index in [1.54, 1.807) is 12.1 Å². The molecular weight excluding hydrogens is 325 g/mol. The molecule has 4 bridgehead atoms. The summed E-state index contributed by atoms with van der Waals surface area (Å²) in [4.78, 5) is 0. The Morgan fingerprint density at radius 2 is 1.62 bits per heavy atom. The minimum atomic E-state index is -0.210. The molecule has 2 aromatic rings. The molecule has 26 heavy (non-hydrogen) atoms. The first-order valence-electron chi connectivity index (χ1n) is 10.3. The second-order valence-electron chi connectivity index (χ2n) is 9.28. The third-order valence-electron chi connectivity index (χ3n) is 7.51. The predicted molar refractivity (Wildman–Crippen MR) is 99.8 cm³/mol. The molecule has 0 saturated heterocycles. The van der Waals surface area contributed by atoms with E-state index in [-0.39, 0.29) is 5.82 Å². The second-order valence-corrected chi connectivity index (χ2v) is 9.28. The number of halogens is 1. The molecule has 0 radical (unpaired) electrons. The van der Waals surface area contributed by atoms with Crippen LogP contribution in [0.4, 0.5) is 4.39 Å². The van der Waals surface area contributed by atoms with Crippen molar-refractivity contribution in [3.05, 3.63) is 48.0 Å². The van der Waals surface area contributed by atoms with Gasteiger partial charge in [0.2, 0.25) is 0 Å². The van der Waals surface area contributed by atoms with Crippen molar-refractivity contribution in [1.29, 1.82) is 0 Å². The molecule has 2 N–H and O–H groups in total. The Hall–Kier alpha value is -1.61. The van der Waals surface area contributed by atoms with Crippen molar-refractivity contribution in [1.82, 2.24) is 0 Å². The maximum absolute atomic E-state index is 13.1. The van der Waals surface area contributed by atoms with Crippen LogP contribution in [0.5, 0.6) is 0 Å². The normalized spacial score (nSPS) is 33.5. The van der Waals surface area contributed by atoms with Crippen LogP contribution in [0, 0.1) is 29.0 Å². The third kappa shape index (κ3) is 2.90. The summed E-state index contributed by atoms with van der Waals surface area (Å²) in [6.07, 6.45) is 8.88. The second kappa shape index (κ2) is 6.23. The van der Waals surface area contributed by atoms with Crippen LogP contribution in [0.25, 0.3) is 11.3 Å². The maximum Gasteiger partial charge on any atom is 0.158 e. The fraction of sp³-hybridized carbons (Fsp3) is 0.565. The first kappa shape index (κ1) is 16.6. The van der Waals surface area contributed by atoms with Gasteiger partial charge in [0, 0.05) is 11.0 Å². The lowest BCUT2D eigenvalue weighted by molar-refractivity contribution is -0.718. The Morgan fingerprint density at radius 3 is 2.23 bits per heavy atom. The molecule has 0 amide bonds. The van der Waals surface area contributed by atoms with Gasteiger partial charge in [0.15, 0.2) is 5.76 Å². The summed E-state index contributed by atoms with van der Waals surface area (Å²) >= 11 is 0. The van der Waals surface area contributed by atoms with Crippen molar-refractivity contribution < 1.29 is 14.1 Å². The zero-order valence-corrected chi connectivity index (χ0v) is 15.6. The number of benzene rings is 1. The highest BCUT2D eigenvalue weighted by molar-refractivity contribution is 5.57. The Bertz CT molecular complexity index is 742. The molecule has 4 aliphatic rings. The molecule has 4 fully saturated rings. The van der Waals surface area contributed by atoms with Crippen LogP contribution < -0.4 is 5.32 Å². The van der Waals surface area contributed by atoms with E-state index >= 15 is 0 Å². The number of furan rings is 1. The molecule has 2 nitrogen and oxygen atoms in total. The van der Waals surface area contributed by atoms with E-state index in [9.17, 15) is 4.39 Å². The van der Waals surface area contributed by atoms with Crippen molar-refractivity contribution in [2.75, 3.05) is 0 Å². The van der Waals surface area contributed by atoms with Gasteiger partial charge in [0.1, 0.15) is 18.1 Å². The van der Waals surface area contributed by atoms with Crippen molar-refractivity contribution in [3.63, 3.8) is 0 Å². The zero-order valence-electron chi connectivity index (χ0n) is 15.6. The van der Waals surface area contributed by atoms with E-state index in [2.05, 4.69) is 18.3 Å². The van der Waals surface area contributed by atoms with Gasteiger partial charge in [-0.25, -0.2) is 4.39 Å². The van der Waals surface area contributed by atoms with Crippen molar-refractivity contribution in [2.45, 2.75) is 58.0 Å². The van der Waals surface area contributed by atoms with Gasteiger partial charge < -0.3 is 9.73 Å². The first-order chi connectivity index (χ1) is 12.6. The molecule has 1 aromatic carbocycles. The highest BCUT2D eigenvalue weighted by Gasteiger charge is 2.54. The average molecular weight is 354 g/mol. The zero-order chi connectivity index (χ0) is 17.7. The molecule has 0 aliphatic heterocycles. The third-order valence-corrected chi connectivity index (χ3v) is 7.51. The van der Waals surface area contributed by atoms with E-state index in [0.29, 0.717) is 11.5 Å². The summed E-state index contributed by atoms with van der Waals surface area (Å²) in [5.74, 6) is 4.65. The van der Waals surface area contributed by atoms with Gasteiger partial charge in [-0.05, 0) is 99.6 Å².